The highest BCUT2D eigenvalue weighted by Crippen LogP contribution is 2.22. The lowest BCUT2D eigenvalue weighted by Gasteiger charge is -2.24. The number of likely N-dealkylation sites (tertiary alicyclic amines) is 1. The second-order valence-corrected chi connectivity index (χ2v) is 7.18. The van der Waals surface area contributed by atoms with Gasteiger partial charge in [-0.3, -0.25) is 9.59 Å². The van der Waals surface area contributed by atoms with Crippen LogP contribution < -0.4 is 5.32 Å². The highest BCUT2D eigenvalue weighted by atomic mass is 32.1. The van der Waals surface area contributed by atoms with Gasteiger partial charge in [0.25, 0.3) is 0 Å². The largest absolute Gasteiger partial charge is 0.350 e. The van der Waals surface area contributed by atoms with Gasteiger partial charge in [0.2, 0.25) is 11.8 Å². The Balaban J connectivity index is 1.63. The summed E-state index contributed by atoms with van der Waals surface area (Å²) in [6, 6.07) is 13.4. The van der Waals surface area contributed by atoms with Crippen molar-refractivity contribution in [2.45, 2.75) is 32.4 Å². The molecule has 2 amide bonds. The van der Waals surface area contributed by atoms with Crippen molar-refractivity contribution in [3.63, 3.8) is 0 Å². The molecule has 1 N–H and O–H groups in total. The van der Waals surface area contributed by atoms with Crippen molar-refractivity contribution >= 4 is 29.2 Å². The molecule has 0 radical (unpaired) electrons. The lowest BCUT2D eigenvalue weighted by Crippen LogP contribution is -2.46. The molecule has 2 heterocycles. The summed E-state index contributed by atoms with van der Waals surface area (Å²) in [5.41, 5.74) is 1.73. The SMILES string of the molecule is C/C(=C\c1cccs1)C(=O)N1CCC[C@@H]1C(=O)NCc1ccccc1. The van der Waals surface area contributed by atoms with E-state index in [2.05, 4.69) is 5.32 Å². The zero-order valence-corrected chi connectivity index (χ0v) is 15.1. The minimum absolute atomic E-state index is 0.0502. The molecule has 0 unspecified atom stereocenters. The second kappa shape index (κ2) is 8.12. The summed E-state index contributed by atoms with van der Waals surface area (Å²) in [6.07, 6.45) is 3.48. The predicted octanol–water partition coefficient (Wildman–Crippen LogP) is 3.46. The first-order valence-electron chi connectivity index (χ1n) is 8.49. The number of carbonyl (C=O) groups is 2. The zero-order chi connectivity index (χ0) is 17.6. The van der Waals surface area contributed by atoms with Crippen molar-refractivity contribution in [3.05, 3.63) is 63.9 Å². The highest BCUT2D eigenvalue weighted by Gasteiger charge is 2.34. The van der Waals surface area contributed by atoms with E-state index in [9.17, 15) is 9.59 Å². The Morgan fingerprint density at radius 1 is 1.24 bits per heavy atom. The molecule has 1 fully saturated rings. The summed E-state index contributed by atoms with van der Waals surface area (Å²) in [5, 5.41) is 4.95. The standard InChI is InChI=1S/C20H22N2O2S/c1-15(13-17-9-6-12-25-17)20(24)22-11-5-10-18(22)19(23)21-14-16-7-3-2-4-8-16/h2-4,6-9,12-13,18H,5,10-11,14H2,1H3,(H,21,23)/b15-13+/t18-/m1/s1. The molecule has 4 nitrogen and oxygen atoms in total. The van der Waals surface area contributed by atoms with E-state index >= 15 is 0 Å². The number of benzene rings is 1. The van der Waals surface area contributed by atoms with Gasteiger partial charge >= 0.3 is 0 Å². The molecule has 130 valence electrons. The normalized spacial score (nSPS) is 17.6. The van der Waals surface area contributed by atoms with Crippen molar-refractivity contribution in [2.24, 2.45) is 0 Å². The molecule has 1 aromatic heterocycles. The molecule has 1 saturated heterocycles. The molecule has 0 aliphatic carbocycles. The Kier molecular flexibility index (Phi) is 5.66. The van der Waals surface area contributed by atoms with Crippen LogP contribution in [-0.4, -0.2) is 29.3 Å². The summed E-state index contributed by atoms with van der Waals surface area (Å²) in [6.45, 7) is 2.94. The van der Waals surface area contributed by atoms with Crippen molar-refractivity contribution in [3.8, 4) is 0 Å². The van der Waals surface area contributed by atoms with Gasteiger partial charge in [0.1, 0.15) is 6.04 Å². The van der Waals surface area contributed by atoms with Gasteiger partial charge in [-0.1, -0.05) is 36.4 Å². The van der Waals surface area contributed by atoms with Crippen LogP contribution in [-0.2, 0) is 16.1 Å². The summed E-state index contributed by atoms with van der Waals surface area (Å²) in [7, 11) is 0. The van der Waals surface area contributed by atoms with Gasteiger partial charge in [0, 0.05) is 23.5 Å². The number of rotatable bonds is 5. The van der Waals surface area contributed by atoms with Crippen molar-refractivity contribution in [2.75, 3.05) is 6.54 Å². The Morgan fingerprint density at radius 3 is 2.76 bits per heavy atom. The maximum absolute atomic E-state index is 12.7. The van der Waals surface area contributed by atoms with Crippen LogP contribution in [0.3, 0.4) is 0 Å². The molecule has 3 rings (SSSR count). The molecule has 25 heavy (non-hydrogen) atoms. The van der Waals surface area contributed by atoms with E-state index in [-0.39, 0.29) is 17.9 Å². The topological polar surface area (TPSA) is 49.4 Å². The van der Waals surface area contributed by atoms with Gasteiger partial charge < -0.3 is 10.2 Å². The van der Waals surface area contributed by atoms with Crippen LogP contribution in [0.5, 0.6) is 0 Å². The van der Waals surface area contributed by atoms with Crippen molar-refractivity contribution < 1.29 is 9.59 Å². The van der Waals surface area contributed by atoms with E-state index in [0.717, 1.165) is 23.3 Å². The smallest absolute Gasteiger partial charge is 0.250 e. The number of thiophene rings is 1. The number of hydrogen-bond acceptors (Lipinski definition) is 3. The van der Waals surface area contributed by atoms with Crippen LogP contribution >= 0.6 is 11.3 Å². The quantitative estimate of drug-likeness (QED) is 0.836. The van der Waals surface area contributed by atoms with Gasteiger partial charge in [-0.15, -0.1) is 11.3 Å². The number of carbonyl (C=O) groups excluding carboxylic acids is 2. The van der Waals surface area contributed by atoms with Crippen LogP contribution in [0, 0.1) is 0 Å². The Bertz CT molecular complexity index is 753. The van der Waals surface area contributed by atoms with E-state index in [1.165, 1.54) is 0 Å². The van der Waals surface area contributed by atoms with Crippen LogP contribution in [0.1, 0.15) is 30.2 Å². The fraction of sp³-hybridized carbons (Fsp3) is 0.300. The fourth-order valence-electron chi connectivity index (χ4n) is 3.06. The lowest BCUT2D eigenvalue weighted by molar-refractivity contribution is -0.135. The Labute approximate surface area is 152 Å². The lowest BCUT2D eigenvalue weighted by atomic mass is 10.1. The molecule has 1 aliphatic heterocycles. The Morgan fingerprint density at radius 2 is 2.04 bits per heavy atom. The van der Waals surface area contributed by atoms with Crippen molar-refractivity contribution in [1.29, 1.82) is 0 Å². The highest BCUT2D eigenvalue weighted by molar-refractivity contribution is 7.10. The molecule has 0 spiro atoms. The van der Waals surface area contributed by atoms with Gasteiger partial charge in [-0.05, 0) is 42.9 Å². The molecular formula is C20H22N2O2S. The number of nitrogens with one attached hydrogen (secondary N) is 1. The number of amides is 2. The van der Waals surface area contributed by atoms with Crippen LogP contribution in [0.25, 0.3) is 6.08 Å². The summed E-state index contributed by atoms with van der Waals surface area (Å²) in [4.78, 5) is 28.1. The van der Waals surface area contributed by atoms with E-state index in [4.69, 9.17) is 0 Å². The molecule has 0 bridgehead atoms. The van der Waals surface area contributed by atoms with Crippen molar-refractivity contribution in [1.82, 2.24) is 10.2 Å². The van der Waals surface area contributed by atoms with E-state index < -0.39 is 0 Å². The average Bonchev–Trinajstić information content (AvgIpc) is 3.31. The fourth-order valence-corrected chi connectivity index (χ4v) is 3.78. The number of hydrogen-bond donors (Lipinski definition) is 1. The molecular weight excluding hydrogens is 332 g/mol. The maximum Gasteiger partial charge on any atom is 0.250 e. The summed E-state index contributed by atoms with van der Waals surface area (Å²) < 4.78 is 0. The maximum atomic E-state index is 12.7. The van der Waals surface area contributed by atoms with E-state index in [1.54, 1.807) is 16.2 Å². The average molecular weight is 354 g/mol. The summed E-state index contributed by atoms with van der Waals surface area (Å²) in [5.74, 6) is -0.121. The predicted molar refractivity (Wildman–Crippen MR) is 101 cm³/mol. The van der Waals surface area contributed by atoms with Gasteiger partial charge in [-0.2, -0.15) is 0 Å². The van der Waals surface area contributed by atoms with Gasteiger partial charge in [0.05, 0.1) is 0 Å². The van der Waals surface area contributed by atoms with Gasteiger partial charge in [0.15, 0.2) is 0 Å². The monoisotopic (exact) mass is 354 g/mol. The molecule has 1 aromatic carbocycles. The van der Waals surface area contributed by atoms with E-state index in [0.29, 0.717) is 18.7 Å². The first-order chi connectivity index (χ1) is 12.1. The minimum Gasteiger partial charge on any atom is -0.350 e. The second-order valence-electron chi connectivity index (χ2n) is 6.20. The third kappa shape index (κ3) is 4.37. The molecule has 1 aliphatic rings. The first kappa shape index (κ1) is 17.4. The van der Waals surface area contributed by atoms with Crippen LogP contribution in [0.15, 0.2) is 53.4 Å². The molecule has 0 saturated carbocycles. The Hall–Kier alpha value is -2.40. The summed E-state index contributed by atoms with van der Waals surface area (Å²) >= 11 is 1.60. The van der Waals surface area contributed by atoms with E-state index in [1.807, 2.05) is 60.8 Å². The van der Waals surface area contributed by atoms with Crippen LogP contribution in [0.4, 0.5) is 0 Å². The zero-order valence-electron chi connectivity index (χ0n) is 14.3. The third-order valence-electron chi connectivity index (χ3n) is 4.37. The minimum atomic E-state index is -0.372. The molecule has 1 atom stereocenters. The molecule has 2 aromatic rings. The van der Waals surface area contributed by atoms with Crippen LogP contribution in [0.2, 0.25) is 0 Å². The third-order valence-corrected chi connectivity index (χ3v) is 5.18. The first-order valence-corrected chi connectivity index (χ1v) is 9.37. The van der Waals surface area contributed by atoms with Gasteiger partial charge in [-0.25, -0.2) is 0 Å². The molecule has 5 heteroatoms. The number of nitrogens with zero attached hydrogens (tertiary/aromatic N) is 1.